The maximum absolute atomic E-state index is 6.36. The van der Waals surface area contributed by atoms with Crippen LogP contribution in [0.2, 0.25) is 18.1 Å². The molecule has 0 spiro atoms. The molecule has 3 atom stereocenters. The zero-order valence-corrected chi connectivity index (χ0v) is 15.3. The van der Waals surface area contributed by atoms with Gasteiger partial charge in [0.25, 0.3) is 14.3 Å². The summed E-state index contributed by atoms with van der Waals surface area (Å²) in [6.45, 7) is 13.3. The molecule has 0 aromatic heterocycles. The first-order chi connectivity index (χ1) is 10.2. The number of hydrogen-bond acceptors (Lipinski definition) is 3. The van der Waals surface area contributed by atoms with Crippen molar-refractivity contribution in [3.8, 4) is 0 Å². The molecule has 0 saturated carbocycles. The van der Waals surface area contributed by atoms with Gasteiger partial charge in [-0.25, -0.2) is 0 Å². The van der Waals surface area contributed by atoms with Gasteiger partial charge >= 0.3 is 0 Å². The van der Waals surface area contributed by atoms with Gasteiger partial charge in [-0.1, -0.05) is 51.1 Å². The third-order valence-corrected chi connectivity index (χ3v) is 9.54. The fourth-order valence-electron chi connectivity index (χ4n) is 2.65. The fourth-order valence-corrected chi connectivity index (χ4v) is 3.63. The van der Waals surface area contributed by atoms with Crippen molar-refractivity contribution in [2.24, 2.45) is 5.92 Å². The molecule has 22 heavy (non-hydrogen) atoms. The lowest BCUT2D eigenvalue weighted by Gasteiger charge is -2.40. The average molecular weight is 318 g/mol. The molecular weight excluding hydrogens is 292 g/mol. The summed E-state index contributed by atoms with van der Waals surface area (Å²) in [6, 6.07) is 10.4. The van der Waals surface area contributed by atoms with Crippen molar-refractivity contribution < 1.29 is 13.9 Å². The van der Waals surface area contributed by atoms with E-state index < -0.39 is 8.32 Å². The maximum atomic E-state index is 6.36. The highest BCUT2D eigenvalue weighted by atomic mass is 28.4. The highest BCUT2D eigenvalue weighted by Crippen LogP contribution is 2.52. The molecule has 3 rings (SSSR count). The molecule has 1 aromatic carbocycles. The molecule has 2 heterocycles. The molecule has 2 aliphatic rings. The number of hydrogen-bond donors (Lipinski definition) is 0. The normalized spacial score (nSPS) is 28.0. The van der Waals surface area contributed by atoms with E-state index in [4.69, 9.17) is 13.9 Å². The molecule has 2 aliphatic heterocycles. The number of fused-ring (bicyclic) bond motifs is 1. The minimum absolute atomic E-state index is 0.0896. The van der Waals surface area contributed by atoms with Crippen LogP contribution in [0, 0.1) is 5.92 Å². The van der Waals surface area contributed by atoms with Crippen molar-refractivity contribution >= 4 is 8.32 Å². The van der Waals surface area contributed by atoms with E-state index in [1.54, 1.807) is 0 Å². The summed E-state index contributed by atoms with van der Waals surface area (Å²) in [7, 11) is -1.88. The van der Waals surface area contributed by atoms with E-state index in [0.29, 0.717) is 5.95 Å². The lowest BCUT2D eigenvalue weighted by Crippen LogP contribution is -2.42. The van der Waals surface area contributed by atoms with Crippen molar-refractivity contribution in [1.82, 2.24) is 0 Å². The van der Waals surface area contributed by atoms with Crippen LogP contribution in [0.15, 0.2) is 41.9 Å². The smallest absolute Gasteiger partial charge is 0.267 e. The first kappa shape index (κ1) is 15.6. The van der Waals surface area contributed by atoms with Crippen LogP contribution in [0.25, 0.3) is 0 Å². The third-order valence-electron chi connectivity index (χ3n) is 5.23. The van der Waals surface area contributed by atoms with Crippen LogP contribution >= 0.6 is 0 Å². The Morgan fingerprint density at radius 3 is 2.32 bits per heavy atom. The Morgan fingerprint density at radius 2 is 1.73 bits per heavy atom. The van der Waals surface area contributed by atoms with Gasteiger partial charge in [0.05, 0.1) is 12.0 Å². The molecule has 3 nitrogen and oxygen atoms in total. The third kappa shape index (κ3) is 2.48. The Hall–Kier alpha value is -1.26. The first-order valence-corrected chi connectivity index (χ1v) is 10.9. The molecule has 0 unspecified atom stereocenters. The summed E-state index contributed by atoms with van der Waals surface area (Å²) >= 11 is 0. The lowest BCUT2D eigenvalue weighted by atomic mass is 9.86. The van der Waals surface area contributed by atoms with Gasteiger partial charge in [-0.2, -0.15) is 0 Å². The SMILES string of the molecule is CC1=C(O[Si](C)(C)C(C)(C)C)O[C@H]2O[C@H](c3ccccc3)[C@@H]12. The van der Waals surface area contributed by atoms with Crippen LogP contribution in [0.5, 0.6) is 0 Å². The number of benzene rings is 1. The summed E-state index contributed by atoms with van der Waals surface area (Å²) in [6.07, 6.45) is -0.0864. The Morgan fingerprint density at radius 1 is 1.09 bits per heavy atom. The minimum Gasteiger partial charge on any atom is -0.519 e. The molecule has 0 aliphatic carbocycles. The van der Waals surface area contributed by atoms with Gasteiger partial charge in [-0.05, 0) is 30.6 Å². The highest BCUT2D eigenvalue weighted by Gasteiger charge is 2.53. The van der Waals surface area contributed by atoms with E-state index in [2.05, 4.69) is 52.9 Å². The minimum atomic E-state index is -1.88. The summed E-state index contributed by atoms with van der Waals surface area (Å²) in [5.74, 6) is 0.988. The van der Waals surface area contributed by atoms with E-state index >= 15 is 0 Å². The van der Waals surface area contributed by atoms with Crippen LogP contribution in [0.4, 0.5) is 0 Å². The lowest BCUT2D eigenvalue weighted by molar-refractivity contribution is -0.270. The standard InChI is InChI=1S/C18H26O3Si/c1-12-14-15(13-10-8-7-9-11-13)19-17(14)20-16(12)21-22(5,6)18(2,3)4/h7-11,14-15,17H,1-6H3/t14-,15-,17-/m1/s1. The van der Waals surface area contributed by atoms with Gasteiger partial charge in [-0.3, -0.25) is 0 Å². The topological polar surface area (TPSA) is 27.7 Å². The van der Waals surface area contributed by atoms with Gasteiger partial charge in [0, 0.05) is 5.57 Å². The largest absolute Gasteiger partial charge is 0.519 e. The second kappa shape index (κ2) is 5.13. The van der Waals surface area contributed by atoms with E-state index in [1.807, 2.05) is 18.2 Å². The molecular formula is C18H26O3Si. The van der Waals surface area contributed by atoms with E-state index in [0.717, 1.165) is 0 Å². The van der Waals surface area contributed by atoms with E-state index in [9.17, 15) is 0 Å². The summed E-state index contributed by atoms with van der Waals surface area (Å²) < 4.78 is 18.2. The van der Waals surface area contributed by atoms with Crippen LogP contribution in [-0.2, 0) is 13.9 Å². The Kier molecular flexibility index (Phi) is 3.65. The summed E-state index contributed by atoms with van der Waals surface area (Å²) in [5, 5.41) is 0.158. The monoisotopic (exact) mass is 318 g/mol. The van der Waals surface area contributed by atoms with E-state index in [-0.39, 0.29) is 23.4 Å². The average Bonchev–Trinajstić information content (AvgIpc) is 2.62. The second-order valence-corrected chi connectivity index (χ2v) is 12.5. The molecule has 1 fully saturated rings. The van der Waals surface area contributed by atoms with Crippen molar-refractivity contribution in [3.63, 3.8) is 0 Å². The number of ether oxygens (including phenoxy) is 2. The Bertz CT molecular complexity index is 586. The van der Waals surface area contributed by atoms with Gasteiger partial charge in [0.1, 0.15) is 0 Å². The van der Waals surface area contributed by atoms with Crippen LogP contribution < -0.4 is 0 Å². The molecule has 4 heteroatoms. The van der Waals surface area contributed by atoms with Crippen molar-refractivity contribution in [2.75, 3.05) is 0 Å². The second-order valence-electron chi connectivity index (χ2n) is 7.81. The predicted molar refractivity (Wildman–Crippen MR) is 89.6 cm³/mol. The molecule has 120 valence electrons. The quantitative estimate of drug-likeness (QED) is 0.735. The Balaban J connectivity index is 1.79. The predicted octanol–water partition coefficient (Wildman–Crippen LogP) is 4.98. The maximum Gasteiger partial charge on any atom is 0.267 e. The van der Waals surface area contributed by atoms with E-state index in [1.165, 1.54) is 11.1 Å². The van der Waals surface area contributed by atoms with Crippen molar-refractivity contribution in [2.45, 2.75) is 58.2 Å². The summed E-state index contributed by atoms with van der Waals surface area (Å²) in [4.78, 5) is 0. The molecule has 1 saturated heterocycles. The van der Waals surface area contributed by atoms with Gasteiger partial charge in [-0.15, -0.1) is 0 Å². The van der Waals surface area contributed by atoms with Gasteiger partial charge < -0.3 is 13.9 Å². The highest BCUT2D eigenvalue weighted by molar-refractivity contribution is 6.74. The van der Waals surface area contributed by atoms with Gasteiger partial charge in [0.2, 0.25) is 6.29 Å². The fraction of sp³-hybridized carbons (Fsp3) is 0.556. The van der Waals surface area contributed by atoms with Crippen LogP contribution in [0.3, 0.4) is 0 Å². The Labute approximate surface area is 134 Å². The van der Waals surface area contributed by atoms with Crippen LogP contribution in [-0.4, -0.2) is 14.6 Å². The molecule has 0 N–H and O–H groups in total. The van der Waals surface area contributed by atoms with Crippen LogP contribution in [0.1, 0.15) is 39.4 Å². The molecule has 1 aromatic rings. The number of rotatable bonds is 3. The zero-order chi connectivity index (χ0) is 16.1. The van der Waals surface area contributed by atoms with Crippen molar-refractivity contribution in [1.29, 1.82) is 0 Å². The molecule has 0 radical (unpaired) electrons. The zero-order valence-electron chi connectivity index (χ0n) is 14.3. The van der Waals surface area contributed by atoms with Gasteiger partial charge in [0.15, 0.2) is 0 Å². The summed E-state index contributed by atoms with van der Waals surface area (Å²) in [5.41, 5.74) is 2.40. The van der Waals surface area contributed by atoms with Crippen molar-refractivity contribution in [3.05, 3.63) is 47.4 Å². The molecule has 0 bridgehead atoms. The molecule has 0 amide bonds. The first-order valence-electron chi connectivity index (χ1n) is 7.97.